The fourth-order valence-corrected chi connectivity index (χ4v) is 3.10. The molecule has 3 aromatic carbocycles. The zero-order chi connectivity index (χ0) is 22.5. The van der Waals surface area contributed by atoms with E-state index >= 15 is 4.39 Å². The average molecular weight is 435 g/mol. The smallest absolute Gasteiger partial charge is 0.232 e. The second kappa shape index (κ2) is 9.49. The molecule has 32 heavy (non-hydrogen) atoms. The van der Waals surface area contributed by atoms with Gasteiger partial charge in [-0.3, -0.25) is 4.79 Å². The van der Waals surface area contributed by atoms with E-state index in [1.54, 1.807) is 6.07 Å². The minimum atomic E-state index is -1.06. The molecule has 1 aromatic heterocycles. The van der Waals surface area contributed by atoms with Gasteiger partial charge >= 0.3 is 0 Å². The van der Waals surface area contributed by atoms with Crippen LogP contribution in [0.1, 0.15) is 21.5 Å². The Balaban J connectivity index is 1.63. The van der Waals surface area contributed by atoms with Crippen LogP contribution in [0.3, 0.4) is 0 Å². The van der Waals surface area contributed by atoms with Crippen molar-refractivity contribution < 1.29 is 23.0 Å². The van der Waals surface area contributed by atoms with Crippen LogP contribution in [0.4, 0.5) is 8.78 Å². The Bertz CT molecular complexity index is 1270. The van der Waals surface area contributed by atoms with E-state index < -0.39 is 23.0 Å². The molecule has 0 radical (unpaired) electrons. The maximum absolute atomic E-state index is 15.0. The molecular formula is C24H19F2N3O3. The summed E-state index contributed by atoms with van der Waals surface area (Å²) in [5.74, 6) is -2.84. The predicted octanol–water partition coefficient (Wildman–Crippen LogP) is 4.06. The van der Waals surface area contributed by atoms with Crippen molar-refractivity contribution in [2.24, 2.45) is 5.73 Å². The van der Waals surface area contributed by atoms with Crippen LogP contribution >= 0.6 is 0 Å². The number of rotatable bonds is 8. The molecule has 6 nitrogen and oxygen atoms in total. The lowest BCUT2D eigenvalue weighted by atomic mass is 10.0. The summed E-state index contributed by atoms with van der Waals surface area (Å²) >= 11 is 0. The summed E-state index contributed by atoms with van der Waals surface area (Å²) in [6, 6.07) is 15.7. The van der Waals surface area contributed by atoms with Gasteiger partial charge in [-0.1, -0.05) is 30.3 Å². The van der Waals surface area contributed by atoms with Crippen LogP contribution in [0, 0.1) is 11.6 Å². The molecule has 8 heteroatoms. The molecule has 4 aromatic rings. The summed E-state index contributed by atoms with van der Waals surface area (Å²) < 4.78 is 40.3. The number of aromatic nitrogens is 2. The standard InChI is InChI=1S/C24H19F2N3O3/c25-17-7-9-20(32-14-15-4-2-1-3-5-15)23(26)22(17)24(30)16-6-8-18-19(12-16)29-21(13-28-18)31-11-10-27/h1-9,12-13H,10-11,14,27H2. The molecule has 0 aliphatic heterocycles. The van der Waals surface area contributed by atoms with Gasteiger partial charge in [0.2, 0.25) is 5.88 Å². The van der Waals surface area contributed by atoms with Crippen molar-refractivity contribution in [1.29, 1.82) is 0 Å². The summed E-state index contributed by atoms with van der Waals surface area (Å²) in [4.78, 5) is 21.5. The number of halogens is 2. The number of benzene rings is 3. The molecule has 0 atom stereocenters. The minimum absolute atomic E-state index is 0.0563. The molecule has 4 rings (SSSR count). The van der Waals surface area contributed by atoms with Crippen LogP contribution in [0.2, 0.25) is 0 Å². The number of carbonyl (C=O) groups excluding carboxylic acids is 1. The SMILES string of the molecule is NCCOc1cnc2ccc(C(=O)c3c(F)ccc(OCc4ccccc4)c3F)cc2n1. The summed E-state index contributed by atoms with van der Waals surface area (Å²) in [6.07, 6.45) is 1.44. The molecule has 0 amide bonds. The Labute approximate surface area is 182 Å². The van der Waals surface area contributed by atoms with Crippen molar-refractivity contribution in [2.45, 2.75) is 6.61 Å². The number of ether oxygens (including phenoxy) is 2. The summed E-state index contributed by atoms with van der Waals surface area (Å²) in [7, 11) is 0. The first-order valence-electron chi connectivity index (χ1n) is 9.86. The first-order chi connectivity index (χ1) is 15.6. The Morgan fingerprint density at radius 2 is 1.78 bits per heavy atom. The Morgan fingerprint density at radius 1 is 0.969 bits per heavy atom. The predicted molar refractivity (Wildman–Crippen MR) is 115 cm³/mol. The molecule has 0 aliphatic carbocycles. The van der Waals surface area contributed by atoms with Gasteiger partial charge in [0, 0.05) is 12.1 Å². The van der Waals surface area contributed by atoms with E-state index in [2.05, 4.69) is 9.97 Å². The molecule has 2 N–H and O–H groups in total. The second-order valence-corrected chi connectivity index (χ2v) is 6.89. The number of ketones is 1. The van der Waals surface area contributed by atoms with Crippen LogP contribution in [0.25, 0.3) is 11.0 Å². The molecule has 0 unspecified atom stereocenters. The molecule has 0 fully saturated rings. The topological polar surface area (TPSA) is 87.3 Å². The lowest BCUT2D eigenvalue weighted by molar-refractivity contribution is 0.103. The fourth-order valence-electron chi connectivity index (χ4n) is 3.10. The van der Waals surface area contributed by atoms with E-state index in [1.165, 1.54) is 18.3 Å². The molecule has 0 saturated heterocycles. The zero-order valence-electron chi connectivity index (χ0n) is 16.9. The minimum Gasteiger partial charge on any atom is -0.486 e. The van der Waals surface area contributed by atoms with Gasteiger partial charge in [0.1, 0.15) is 19.0 Å². The quantitative estimate of drug-likeness (QED) is 0.420. The molecule has 0 spiro atoms. The largest absolute Gasteiger partial charge is 0.486 e. The molecular weight excluding hydrogens is 416 g/mol. The highest BCUT2D eigenvalue weighted by Gasteiger charge is 2.23. The summed E-state index contributed by atoms with van der Waals surface area (Å²) in [6.45, 7) is 0.638. The van der Waals surface area contributed by atoms with E-state index in [0.717, 1.165) is 17.7 Å². The molecule has 1 heterocycles. The third-order valence-corrected chi connectivity index (χ3v) is 4.67. The molecule has 162 valence electrons. The number of fused-ring (bicyclic) bond motifs is 1. The third-order valence-electron chi connectivity index (χ3n) is 4.67. The van der Waals surface area contributed by atoms with Gasteiger partial charge < -0.3 is 15.2 Å². The van der Waals surface area contributed by atoms with E-state index in [1.807, 2.05) is 30.3 Å². The van der Waals surface area contributed by atoms with Gasteiger partial charge in [0.25, 0.3) is 0 Å². The number of hydrogen-bond donors (Lipinski definition) is 1. The van der Waals surface area contributed by atoms with Crippen molar-refractivity contribution in [1.82, 2.24) is 9.97 Å². The van der Waals surface area contributed by atoms with Crippen molar-refractivity contribution in [2.75, 3.05) is 13.2 Å². The summed E-state index contributed by atoms with van der Waals surface area (Å²) in [5.41, 5.74) is 6.44. The van der Waals surface area contributed by atoms with Crippen LogP contribution in [0.5, 0.6) is 11.6 Å². The van der Waals surface area contributed by atoms with Crippen LogP contribution in [-0.4, -0.2) is 28.9 Å². The van der Waals surface area contributed by atoms with Crippen LogP contribution in [0.15, 0.2) is 66.9 Å². The van der Waals surface area contributed by atoms with E-state index in [0.29, 0.717) is 17.6 Å². The van der Waals surface area contributed by atoms with Gasteiger partial charge in [0.05, 0.1) is 22.8 Å². The Kier molecular flexibility index (Phi) is 6.32. The molecule has 0 aliphatic rings. The first kappa shape index (κ1) is 21.3. The van der Waals surface area contributed by atoms with Crippen molar-refractivity contribution >= 4 is 16.8 Å². The highest BCUT2D eigenvalue weighted by Crippen LogP contribution is 2.27. The van der Waals surface area contributed by atoms with Crippen LogP contribution < -0.4 is 15.2 Å². The number of nitrogens with zero attached hydrogens (tertiary/aromatic N) is 2. The van der Waals surface area contributed by atoms with Gasteiger partial charge in [-0.15, -0.1) is 0 Å². The maximum atomic E-state index is 15.0. The van der Waals surface area contributed by atoms with Crippen molar-refractivity contribution in [3.63, 3.8) is 0 Å². The van der Waals surface area contributed by atoms with Gasteiger partial charge in [-0.2, -0.15) is 0 Å². The van der Waals surface area contributed by atoms with E-state index in [9.17, 15) is 9.18 Å². The Hall–Kier alpha value is -3.91. The molecule has 0 bridgehead atoms. The fraction of sp³-hybridized carbons (Fsp3) is 0.125. The lowest BCUT2D eigenvalue weighted by Gasteiger charge is -2.11. The lowest BCUT2D eigenvalue weighted by Crippen LogP contribution is -2.11. The summed E-state index contributed by atoms with van der Waals surface area (Å²) in [5, 5.41) is 0. The van der Waals surface area contributed by atoms with Crippen molar-refractivity contribution in [3.8, 4) is 11.6 Å². The second-order valence-electron chi connectivity index (χ2n) is 6.89. The van der Waals surface area contributed by atoms with Gasteiger partial charge in [0.15, 0.2) is 17.3 Å². The Morgan fingerprint density at radius 3 is 2.56 bits per heavy atom. The average Bonchev–Trinajstić information content (AvgIpc) is 2.82. The number of carbonyl (C=O) groups is 1. The van der Waals surface area contributed by atoms with Crippen LogP contribution in [-0.2, 0) is 6.61 Å². The van der Waals surface area contributed by atoms with E-state index in [4.69, 9.17) is 15.2 Å². The van der Waals surface area contributed by atoms with Gasteiger partial charge in [-0.05, 0) is 35.9 Å². The first-order valence-corrected chi connectivity index (χ1v) is 9.86. The maximum Gasteiger partial charge on any atom is 0.232 e. The normalized spacial score (nSPS) is 10.8. The van der Waals surface area contributed by atoms with Crippen molar-refractivity contribution in [3.05, 3.63) is 95.2 Å². The van der Waals surface area contributed by atoms with Gasteiger partial charge in [-0.25, -0.2) is 18.7 Å². The highest BCUT2D eigenvalue weighted by molar-refractivity contribution is 6.10. The van der Waals surface area contributed by atoms with E-state index in [-0.39, 0.29) is 30.4 Å². The number of hydrogen-bond acceptors (Lipinski definition) is 6. The molecule has 0 saturated carbocycles. The zero-order valence-corrected chi connectivity index (χ0v) is 16.9. The monoisotopic (exact) mass is 435 g/mol. The highest BCUT2D eigenvalue weighted by atomic mass is 19.1. The third kappa shape index (κ3) is 4.55. The number of nitrogens with two attached hydrogens (primary N) is 1.